The third-order valence-corrected chi connectivity index (χ3v) is 6.26. The first-order chi connectivity index (χ1) is 15.4. The molecule has 0 unspecified atom stereocenters. The minimum Gasteiger partial charge on any atom is -0.481 e. The number of carboxylic acid groups (broad SMARTS) is 1. The standard InChI is InChI=1S/C23H17ClF4N2O3/c1-22(21(32)33)10-8-12(9-11-22)19-18-15(25)6-3-7-16(18)30(29-19)20(31)17-13(23(26,27)28)4-2-5-14(17)24/h2-8H,9-11H2,1H3,(H,32,33)/t22-/m1/s1. The second kappa shape index (κ2) is 7.98. The van der Waals surface area contributed by atoms with Crippen molar-refractivity contribution in [1.29, 1.82) is 0 Å². The van der Waals surface area contributed by atoms with Crippen molar-refractivity contribution in [3.05, 3.63) is 70.1 Å². The van der Waals surface area contributed by atoms with Crippen LogP contribution in [0.1, 0.15) is 47.8 Å². The molecule has 172 valence electrons. The van der Waals surface area contributed by atoms with Crippen LogP contribution in [0.25, 0.3) is 16.5 Å². The minimum absolute atomic E-state index is 0.0180. The molecule has 0 saturated heterocycles. The molecule has 33 heavy (non-hydrogen) atoms. The van der Waals surface area contributed by atoms with E-state index in [4.69, 9.17) is 11.6 Å². The summed E-state index contributed by atoms with van der Waals surface area (Å²) in [5.74, 6) is -2.82. The molecular weight excluding hydrogens is 464 g/mol. The Labute approximate surface area is 190 Å². The third-order valence-electron chi connectivity index (χ3n) is 5.95. The number of aromatic nitrogens is 2. The van der Waals surface area contributed by atoms with Gasteiger partial charge in [0.05, 0.1) is 38.2 Å². The number of hydrogen-bond donors (Lipinski definition) is 1. The molecule has 0 spiro atoms. The number of halogens is 5. The maximum absolute atomic E-state index is 14.8. The normalized spacial score (nSPS) is 18.9. The van der Waals surface area contributed by atoms with Gasteiger partial charge >= 0.3 is 12.1 Å². The zero-order valence-corrected chi connectivity index (χ0v) is 18.0. The smallest absolute Gasteiger partial charge is 0.417 e. The largest absolute Gasteiger partial charge is 0.481 e. The lowest BCUT2D eigenvalue weighted by Crippen LogP contribution is -2.29. The molecule has 10 heteroatoms. The average Bonchev–Trinajstić information content (AvgIpc) is 3.14. The number of benzene rings is 2. The topological polar surface area (TPSA) is 72.2 Å². The Morgan fingerprint density at radius 2 is 1.88 bits per heavy atom. The summed E-state index contributed by atoms with van der Waals surface area (Å²) >= 11 is 5.98. The van der Waals surface area contributed by atoms with Gasteiger partial charge in [-0.05, 0) is 56.0 Å². The van der Waals surface area contributed by atoms with E-state index in [0.717, 1.165) is 28.9 Å². The number of aliphatic carboxylic acids is 1. The number of alkyl halides is 3. The van der Waals surface area contributed by atoms with E-state index in [0.29, 0.717) is 5.57 Å². The lowest BCUT2D eigenvalue weighted by Gasteiger charge is -2.28. The Kier molecular flexibility index (Phi) is 5.56. The first-order valence-corrected chi connectivity index (χ1v) is 10.3. The molecule has 0 fully saturated rings. The molecule has 0 radical (unpaired) electrons. The summed E-state index contributed by atoms with van der Waals surface area (Å²) in [6, 6.07) is 6.84. The lowest BCUT2D eigenvalue weighted by atomic mass is 9.76. The molecule has 1 aliphatic carbocycles. The molecule has 1 heterocycles. The fraction of sp³-hybridized carbons (Fsp3) is 0.261. The number of hydrogen-bond acceptors (Lipinski definition) is 3. The van der Waals surface area contributed by atoms with E-state index in [-0.39, 0.29) is 35.9 Å². The molecule has 0 saturated carbocycles. The molecule has 5 nitrogen and oxygen atoms in total. The van der Waals surface area contributed by atoms with E-state index in [2.05, 4.69) is 5.10 Å². The maximum Gasteiger partial charge on any atom is 0.417 e. The maximum atomic E-state index is 14.8. The van der Waals surface area contributed by atoms with Gasteiger partial charge in [0.25, 0.3) is 5.91 Å². The van der Waals surface area contributed by atoms with Gasteiger partial charge in [-0.3, -0.25) is 9.59 Å². The molecule has 0 bridgehead atoms. The molecule has 1 N–H and O–H groups in total. The Morgan fingerprint density at radius 3 is 2.48 bits per heavy atom. The predicted molar refractivity (Wildman–Crippen MR) is 113 cm³/mol. The number of allylic oxidation sites excluding steroid dienone is 2. The summed E-state index contributed by atoms with van der Waals surface area (Å²) in [5.41, 5.74) is -2.42. The van der Waals surface area contributed by atoms with Gasteiger partial charge in [-0.15, -0.1) is 0 Å². The van der Waals surface area contributed by atoms with E-state index in [1.165, 1.54) is 12.1 Å². The molecule has 1 atom stereocenters. The van der Waals surface area contributed by atoms with Crippen LogP contribution in [0, 0.1) is 11.2 Å². The fourth-order valence-electron chi connectivity index (χ4n) is 3.96. The summed E-state index contributed by atoms with van der Waals surface area (Å²) in [7, 11) is 0. The summed E-state index contributed by atoms with van der Waals surface area (Å²) in [5, 5.41) is 13.2. The molecule has 2 aromatic carbocycles. The fourth-order valence-corrected chi connectivity index (χ4v) is 4.22. The molecular formula is C23H17ClF4N2O3. The predicted octanol–water partition coefficient (Wildman–Crippen LogP) is 6.19. The van der Waals surface area contributed by atoms with Crippen molar-refractivity contribution in [2.75, 3.05) is 0 Å². The summed E-state index contributed by atoms with van der Waals surface area (Å²) in [6.45, 7) is 1.60. The van der Waals surface area contributed by atoms with Crippen molar-refractivity contribution in [2.24, 2.45) is 5.41 Å². The van der Waals surface area contributed by atoms with Crippen LogP contribution in [0.5, 0.6) is 0 Å². The van der Waals surface area contributed by atoms with Crippen LogP contribution >= 0.6 is 11.6 Å². The number of nitrogens with zero attached hydrogens (tertiary/aromatic N) is 2. The van der Waals surface area contributed by atoms with Crippen LogP contribution in [-0.2, 0) is 11.0 Å². The highest BCUT2D eigenvalue weighted by Crippen LogP contribution is 2.41. The van der Waals surface area contributed by atoms with E-state index in [9.17, 15) is 32.3 Å². The Morgan fingerprint density at radius 1 is 1.18 bits per heavy atom. The van der Waals surface area contributed by atoms with Gasteiger partial charge in [0.2, 0.25) is 0 Å². The highest BCUT2D eigenvalue weighted by Gasteiger charge is 2.38. The molecule has 1 aliphatic rings. The molecule has 0 amide bonds. The quantitative estimate of drug-likeness (QED) is 0.453. The van der Waals surface area contributed by atoms with Crippen LogP contribution in [0.4, 0.5) is 17.6 Å². The third kappa shape index (κ3) is 3.90. The zero-order valence-electron chi connectivity index (χ0n) is 17.2. The first kappa shape index (κ1) is 23.0. The second-order valence-electron chi connectivity index (χ2n) is 8.16. The minimum atomic E-state index is -4.85. The number of carbonyl (C=O) groups is 2. The van der Waals surface area contributed by atoms with Gasteiger partial charge in [0.1, 0.15) is 5.82 Å². The molecule has 1 aromatic heterocycles. The Hall–Kier alpha value is -3.20. The van der Waals surface area contributed by atoms with Gasteiger partial charge in [-0.1, -0.05) is 29.8 Å². The lowest BCUT2D eigenvalue weighted by molar-refractivity contribution is -0.148. The SMILES string of the molecule is C[C@@]1(C(=O)O)CC=C(c2nn(C(=O)c3c(Cl)cccc3C(F)(F)F)c3cccc(F)c23)CC1. The van der Waals surface area contributed by atoms with E-state index in [1.54, 1.807) is 13.0 Å². The van der Waals surface area contributed by atoms with Crippen LogP contribution in [0.15, 0.2) is 42.5 Å². The van der Waals surface area contributed by atoms with Crippen LogP contribution in [0.3, 0.4) is 0 Å². The number of fused-ring (bicyclic) bond motifs is 1. The van der Waals surface area contributed by atoms with E-state index < -0.39 is 45.4 Å². The molecule has 0 aliphatic heterocycles. The van der Waals surface area contributed by atoms with Crippen molar-refractivity contribution in [3.8, 4) is 0 Å². The van der Waals surface area contributed by atoms with Crippen molar-refractivity contribution in [2.45, 2.75) is 32.4 Å². The summed E-state index contributed by atoms with van der Waals surface area (Å²) in [4.78, 5) is 24.8. The Balaban J connectivity index is 1.90. The Bertz CT molecular complexity index is 1330. The highest BCUT2D eigenvalue weighted by atomic mass is 35.5. The van der Waals surface area contributed by atoms with E-state index >= 15 is 0 Å². The zero-order chi connectivity index (χ0) is 24.1. The van der Waals surface area contributed by atoms with Gasteiger partial charge in [-0.25, -0.2) is 4.39 Å². The molecule has 3 aromatic rings. The first-order valence-electron chi connectivity index (χ1n) is 9.94. The van der Waals surface area contributed by atoms with Gasteiger partial charge in [0, 0.05) is 0 Å². The van der Waals surface area contributed by atoms with Gasteiger partial charge in [0.15, 0.2) is 0 Å². The molecule has 4 rings (SSSR count). The number of carbonyl (C=O) groups excluding carboxylic acids is 1. The van der Waals surface area contributed by atoms with E-state index in [1.807, 2.05) is 0 Å². The van der Waals surface area contributed by atoms with Crippen molar-refractivity contribution < 1.29 is 32.3 Å². The number of carboxylic acids is 1. The van der Waals surface area contributed by atoms with Gasteiger partial charge < -0.3 is 5.11 Å². The van der Waals surface area contributed by atoms with Crippen molar-refractivity contribution >= 4 is 40.0 Å². The average molecular weight is 481 g/mol. The summed E-state index contributed by atoms with van der Waals surface area (Å²) < 4.78 is 56.2. The van der Waals surface area contributed by atoms with Gasteiger partial charge in [-0.2, -0.15) is 23.0 Å². The summed E-state index contributed by atoms with van der Waals surface area (Å²) in [6.07, 6.45) is -2.56. The monoisotopic (exact) mass is 480 g/mol. The van der Waals surface area contributed by atoms with Crippen molar-refractivity contribution in [1.82, 2.24) is 9.78 Å². The van der Waals surface area contributed by atoms with Crippen molar-refractivity contribution in [3.63, 3.8) is 0 Å². The van der Waals surface area contributed by atoms with Crippen LogP contribution < -0.4 is 0 Å². The van der Waals surface area contributed by atoms with Crippen LogP contribution in [0.2, 0.25) is 5.02 Å². The highest BCUT2D eigenvalue weighted by molar-refractivity contribution is 6.34. The second-order valence-corrected chi connectivity index (χ2v) is 8.57. The van der Waals surface area contributed by atoms with Crippen LogP contribution in [-0.4, -0.2) is 26.8 Å². The number of rotatable bonds is 3.